The van der Waals surface area contributed by atoms with Crippen molar-refractivity contribution in [2.45, 2.75) is 0 Å². The SMILES string of the molecule is O=CC=[O+]B(c1ccccc1)c1ccccc1. The van der Waals surface area contributed by atoms with Crippen LogP contribution in [0.5, 0.6) is 0 Å². The van der Waals surface area contributed by atoms with Crippen LogP contribution in [0.1, 0.15) is 0 Å². The van der Waals surface area contributed by atoms with Gasteiger partial charge in [0.25, 0.3) is 0 Å². The van der Waals surface area contributed by atoms with Gasteiger partial charge in [-0.25, -0.2) is 0 Å². The molecule has 2 aromatic carbocycles. The van der Waals surface area contributed by atoms with Crippen LogP contribution in [-0.2, 0) is 9.14 Å². The second kappa shape index (κ2) is 5.80. The highest BCUT2D eigenvalue weighted by molar-refractivity contribution is 6.78. The minimum absolute atomic E-state index is 0.234. The first-order valence-electron chi connectivity index (χ1n) is 5.44. The van der Waals surface area contributed by atoms with Crippen molar-refractivity contribution in [3.05, 3.63) is 60.7 Å². The Morgan fingerprint density at radius 1 is 0.824 bits per heavy atom. The van der Waals surface area contributed by atoms with E-state index in [1.54, 1.807) is 0 Å². The van der Waals surface area contributed by atoms with Crippen molar-refractivity contribution in [3.63, 3.8) is 0 Å². The fourth-order valence-corrected chi connectivity index (χ4v) is 1.72. The molecule has 0 aromatic heterocycles. The second-order valence-electron chi connectivity index (χ2n) is 3.61. The maximum absolute atomic E-state index is 10.4. The number of rotatable bonds is 4. The van der Waals surface area contributed by atoms with E-state index < -0.39 is 0 Å². The van der Waals surface area contributed by atoms with Crippen LogP contribution in [0.3, 0.4) is 0 Å². The maximum Gasteiger partial charge on any atom is 0.724 e. The number of carbonyl (C=O) groups is 1. The van der Waals surface area contributed by atoms with Gasteiger partial charge in [-0.3, -0.25) is 4.79 Å². The summed E-state index contributed by atoms with van der Waals surface area (Å²) in [5.41, 5.74) is 2.05. The monoisotopic (exact) mass is 223 g/mol. The zero-order valence-corrected chi connectivity index (χ0v) is 9.32. The highest BCUT2D eigenvalue weighted by Crippen LogP contribution is 1.91. The van der Waals surface area contributed by atoms with Crippen molar-refractivity contribution in [1.82, 2.24) is 0 Å². The van der Waals surface area contributed by atoms with Crippen LogP contribution in [0.25, 0.3) is 0 Å². The van der Waals surface area contributed by atoms with Crippen LogP contribution in [0.15, 0.2) is 60.7 Å². The zero-order chi connectivity index (χ0) is 11.9. The van der Waals surface area contributed by atoms with Gasteiger partial charge in [0.2, 0.25) is 6.29 Å². The van der Waals surface area contributed by atoms with Gasteiger partial charge >= 0.3 is 13.2 Å². The first-order chi connectivity index (χ1) is 8.42. The fraction of sp³-hybridized carbons (Fsp3) is 0. The highest BCUT2D eigenvalue weighted by atomic mass is 16.3. The molecule has 0 amide bonds. The summed E-state index contributed by atoms with van der Waals surface area (Å²) < 4.78 is 5.47. The topological polar surface area (TPSA) is 28.4 Å². The summed E-state index contributed by atoms with van der Waals surface area (Å²) in [4.78, 5) is 10.4. The molecule has 0 saturated heterocycles. The van der Waals surface area contributed by atoms with Gasteiger partial charge in [0.05, 0.1) is 0 Å². The van der Waals surface area contributed by atoms with Crippen molar-refractivity contribution in [3.8, 4) is 0 Å². The molecule has 0 aliphatic rings. The predicted molar refractivity (Wildman–Crippen MR) is 70.0 cm³/mol. The van der Waals surface area contributed by atoms with Gasteiger partial charge in [-0.05, 0) is 0 Å². The van der Waals surface area contributed by atoms with Crippen molar-refractivity contribution in [1.29, 1.82) is 0 Å². The summed E-state index contributed by atoms with van der Waals surface area (Å²) in [6, 6.07) is 19.7. The quantitative estimate of drug-likeness (QED) is 0.325. The molecular weight excluding hydrogens is 211 g/mol. The molecule has 0 radical (unpaired) electrons. The van der Waals surface area contributed by atoms with E-state index in [1.165, 1.54) is 6.29 Å². The first kappa shape index (κ1) is 11.3. The molecule has 82 valence electrons. The Morgan fingerprint density at radius 2 is 1.29 bits per heavy atom. The van der Waals surface area contributed by atoms with E-state index in [4.69, 9.17) is 4.34 Å². The van der Waals surface area contributed by atoms with Crippen LogP contribution < -0.4 is 10.9 Å². The lowest BCUT2D eigenvalue weighted by Gasteiger charge is -1.97. The normalized spacial score (nSPS) is 10.4. The summed E-state index contributed by atoms with van der Waals surface area (Å²) in [6.45, 7) is -0.234. The third-order valence-corrected chi connectivity index (χ3v) is 2.47. The Balaban J connectivity index is 2.39. The zero-order valence-electron chi connectivity index (χ0n) is 9.32. The standard InChI is InChI=1S/C14H12BO2/c16-11-12-17-15(13-7-3-1-4-8-13)14-9-5-2-6-10-14/h1-12H/q+1. The average molecular weight is 223 g/mol. The minimum Gasteiger partial charge on any atom is -0.371 e. The van der Waals surface area contributed by atoms with E-state index in [1.807, 2.05) is 60.7 Å². The molecule has 17 heavy (non-hydrogen) atoms. The molecule has 0 spiro atoms. The lowest BCUT2D eigenvalue weighted by molar-refractivity contribution is -0.281. The van der Waals surface area contributed by atoms with Crippen LogP contribution in [-0.4, -0.2) is 19.5 Å². The molecule has 0 aliphatic heterocycles. The van der Waals surface area contributed by atoms with Crippen molar-refractivity contribution in [2.24, 2.45) is 0 Å². The van der Waals surface area contributed by atoms with E-state index in [2.05, 4.69) is 0 Å². The Kier molecular flexibility index (Phi) is 3.87. The molecule has 2 aromatic rings. The smallest absolute Gasteiger partial charge is 0.371 e. The van der Waals surface area contributed by atoms with Gasteiger partial charge in [-0.15, -0.1) is 0 Å². The largest absolute Gasteiger partial charge is 0.724 e. The Morgan fingerprint density at radius 3 is 1.71 bits per heavy atom. The number of hydrogen-bond donors (Lipinski definition) is 0. The molecule has 0 aliphatic carbocycles. The number of benzene rings is 2. The van der Waals surface area contributed by atoms with Gasteiger partial charge in [-0.1, -0.05) is 60.7 Å². The molecule has 0 saturated carbocycles. The third kappa shape index (κ3) is 2.91. The molecule has 2 rings (SSSR count). The maximum atomic E-state index is 10.4. The predicted octanol–water partition coefficient (Wildman–Crippen LogP) is 0.726. The minimum atomic E-state index is -0.234. The van der Waals surface area contributed by atoms with E-state index in [0.717, 1.165) is 10.9 Å². The summed E-state index contributed by atoms with van der Waals surface area (Å²) >= 11 is 0. The van der Waals surface area contributed by atoms with Crippen molar-refractivity contribution in [2.75, 3.05) is 0 Å². The molecule has 0 unspecified atom stereocenters. The molecule has 0 bridgehead atoms. The highest BCUT2D eigenvalue weighted by Gasteiger charge is 2.35. The molecule has 0 N–H and O–H groups in total. The Hall–Kier alpha value is -2.16. The van der Waals surface area contributed by atoms with Crippen LogP contribution >= 0.6 is 0 Å². The lowest BCUT2D eigenvalue weighted by atomic mass is 9.56. The van der Waals surface area contributed by atoms with Gasteiger partial charge in [0.1, 0.15) is 0 Å². The van der Waals surface area contributed by atoms with Crippen LogP contribution in [0, 0.1) is 0 Å². The van der Waals surface area contributed by atoms with E-state index in [9.17, 15) is 4.79 Å². The summed E-state index contributed by atoms with van der Waals surface area (Å²) in [5.74, 6) is 0. The summed E-state index contributed by atoms with van der Waals surface area (Å²) in [6.07, 6.45) is 1.84. The molecule has 0 fully saturated rings. The van der Waals surface area contributed by atoms with Gasteiger partial charge in [0, 0.05) is 10.9 Å². The van der Waals surface area contributed by atoms with Gasteiger partial charge in [0.15, 0.2) is 0 Å². The van der Waals surface area contributed by atoms with E-state index in [0.29, 0.717) is 6.29 Å². The molecule has 0 atom stereocenters. The van der Waals surface area contributed by atoms with Gasteiger partial charge in [-0.2, -0.15) is 0 Å². The van der Waals surface area contributed by atoms with E-state index in [-0.39, 0.29) is 6.92 Å². The molecule has 3 heteroatoms. The van der Waals surface area contributed by atoms with Crippen LogP contribution in [0.2, 0.25) is 0 Å². The molecule has 2 nitrogen and oxygen atoms in total. The Labute approximate surface area is 101 Å². The van der Waals surface area contributed by atoms with Crippen molar-refractivity contribution >= 4 is 30.4 Å². The summed E-state index contributed by atoms with van der Waals surface area (Å²) in [7, 11) is 0. The molecular formula is C14H12BO2+. The second-order valence-corrected chi connectivity index (χ2v) is 3.61. The molecule has 0 heterocycles. The third-order valence-electron chi connectivity index (χ3n) is 2.47. The average Bonchev–Trinajstić information content (AvgIpc) is 2.42. The number of aldehydes is 2. The number of hydrogen-bond acceptors (Lipinski definition) is 1. The van der Waals surface area contributed by atoms with Crippen LogP contribution in [0.4, 0.5) is 0 Å². The van der Waals surface area contributed by atoms with Gasteiger partial charge < -0.3 is 4.34 Å². The first-order valence-corrected chi connectivity index (χ1v) is 5.44. The fourth-order valence-electron chi connectivity index (χ4n) is 1.72. The lowest BCUT2D eigenvalue weighted by Crippen LogP contribution is -2.43. The number of carbonyl (C=O) groups excluding carboxylic acids is 2. The summed E-state index contributed by atoms with van der Waals surface area (Å²) in [5, 5.41) is 0. The van der Waals surface area contributed by atoms with Crippen molar-refractivity contribution < 1.29 is 9.14 Å². The van der Waals surface area contributed by atoms with E-state index >= 15 is 0 Å². The Bertz CT molecular complexity index is 455.